The predicted molar refractivity (Wildman–Crippen MR) is 56.2 cm³/mol. The molecule has 0 radical (unpaired) electrons. The van der Waals surface area contributed by atoms with E-state index in [-0.39, 0.29) is 21.6 Å². The van der Waals surface area contributed by atoms with Crippen molar-refractivity contribution in [2.75, 3.05) is 5.32 Å². The van der Waals surface area contributed by atoms with Crippen molar-refractivity contribution in [2.24, 2.45) is 0 Å². The Bertz CT molecular complexity index is 433. The number of para-hydroxylation sites is 1. The summed E-state index contributed by atoms with van der Waals surface area (Å²) >= 11 is -0.300. The van der Waals surface area contributed by atoms with Crippen LogP contribution in [-0.4, -0.2) is 16.6 Å². The number of halogens is 1. The summed E-state index contributed by atoms with van der Waals surface area (Å²) in [6.07, 6.45) is -0.446. The molecule has 1 aliphatic heterocycles. The molecule has 81 valence electrons. The van der Waals surface area contributed by atoms with E-state index in [0.717, 1.165) is 17.0 Å². The van der Waals surface area contributed by atoms with Gasteiger partial charge in [-0.15, -0.1) is 0 Å². The van der Waals surface area contributed by atoms with E-state index < -0.39 is 6.10 Å². The SMILES string of the molecule is CC1Oc2c([CH]=[Ru][Cl])cccc2NC1=O. The average molecular weight is 312 g/mol. The van der Waals surface area contributed by atoms with Crippen molar-refractivity contribution in [3.63, 3.8) is 0 Å². The number of nitrogens with one attached hydrogen (secondary N) is 1. The average Bonchev–Trinajstić information content (AvgIpc) is 2.21. The summed E-state index contributed by atoms with van der Waals surface area (Å²) in [6, 6.07) is 5.62. The van der Waals surface area contributed by atoms with Crippen molar-refractivity contribution >= 4 is 25.9 Å². The molecule has 1 aliphatic rings. The van der Waals surface area contributed by atoms with Gasteiger partial charge in [0.2, 0.25) is 0 Å². The Labute approximate surface area is 98.9 Å². The van der Waals surface area contributed by atoms with E-state index in [0.29, 0.717) is 0 Å². The van der Waals surface area contributed by atoms with E-state index in [4.69, 9.17) is 14.4 Å². The first-order valence-corrected chi connectivity index (χ1v) is 7.62. The van der Waals surface area contributed by atoms with Gasteiger partial charge in [0.15, 0.2) is 0 Å². The molecule has 1 unspecified atom stereocenters. The monoisotopic (exact) mass is 312 g/mol. The first kappa shape index (κ1) is 10.8. The van der Waals surface area contributed by atoms with E-state index in [1.165, 1.54) is 0 Å². The molecule has 1 N–H and O–H groups in total. The number of anilines is 1. The second-order valence-corrected chi connectivity index (χ2v) is 4.95. The second-order valence-electron chi connectivity index (χ2n) is 3.15. The number of amides is 1. The van der Waals surface area contributed by atoms with Crippen molar-refractivity contribution in [2.45, 2.75) is 13.0 Å². The summed E-state index contributed by atoms with van der Waals surface area (Å²) in [6.45, 7) is 1.73. The molecule has 1 atom stereocenters. The number of benzene rings is 1. The topological polar surface area (TPSA) is 38.3 Å². The molecule has 0 fully saturated rings. The maximum atomic E-state index is 11.4. The van der Waals surface area contributed by atoms with Gasteiger partial charge in [-0.2, -0.15) is 0 Å². The zero-order valence-corrected chi connectivity index (χ0v) is 10.4. The number of hydrogen-bond acceptors (Lipinski definition) is 2. The molecular formula is C10H9ClNO2Ru. The summed E-state index contributed by atoms with van der Waals surface area (Å²) in [5, 5.41) is 2.79. The Morgan fingerprint density at radius 3 is 3.13 bits per heavy atom. The summed E-state index contributed by atoms with van der Waals surface area (Å²) in [7, 11) is 5.74. The van der Waals surface area contributed by atoms with Gasteiger partial charge in [0, 0.05) is 0 Å². The van der Waals surface area contributed by atoms with Gasteiger partial charge in [0.25, 0.3) is 0 Å². The Morgan fingerprint density at radius 2 is 2.40 bits per heavy atom. The molecule has 1 heterocycles. The van der Waals surface area contributed by atoms with E-state index in [1.807, 2.05) is 22.8 Å². The van der Waals surface area contributed by atoms with Crippen molar-refractivity contribution < 1.29 is 25.2 Å². The van der Waals surface area contributed by atoms with Gasteiger partial charge in [-0.1, -0.05) is 0 Å². The van der Waals surface area contributed by atoms with Gasteiger partial charge in [0.05, 0.1) is 0 Å². The third-order valence-electron chi connectivity index (χ3n) is 2.12. The number of ether oxygens (including phenoxy) is 1. The van der Waals surface area contributed by atoms with Gasteiger partial charge in [-0.25, -0.2) is 0 Å². The van der Waals surface area contributed by atoms with Gasteiger partial charge in [-0.05, 0) is 0 Å². The molecule has 3 nitrogen and oxygen atoms in total. The van der Waals surface area contributed by atoms with Crippen LogP contribution in [0.1, 0.15) is 12.5 Å². The minimum atomic E-state index is -0.446. The fourth-order valence-electron chi connectivity index (χ4n) is 1.37. The quantitative estimate of drug-likeness (QED) is 0.803. The van der Waals surface area contributed by atoms with Crippen LogP contribution in [0.3, 0.4) is 0 Å². The zero-order chi connectivity index (χ0) is 10.8. The van der Waals surface area contributed by atoms with Crippen LogP contribution in [-0.2, 0) is 20.5 Å². The molecule has 0 bridgehead atoms. The van der Waals surface area contributed by atoms with Crippen LogP contribution in [0.25, 0.3) is 0 Å². The zero-order valence-electron chi connectivity index (χ0n) is 7.93. The molecule has 0 aliphatic carbocycles. The van der Waals surface area contributed by atoms with Crippen LogP contribution in [0.4, 0.5) is 5.69 Å². The number of carbonyl (C=O) groups is 1. The van der Waals surface area contributed by atoms with Gasteiger partial charge in [0.1, 0.15) is 0 Å². The molecule has 1 amide bonds. The van der Waals surface area contributed by atoms with Crippen LogP contribution in [0.5, 0.6) is 5.75 Å². The first-order chi connectivity index (χ1) is 7.22. The molecule has 0 spiro atoms. The number of hydrogen-bond donors (Lipinski definition) is 1. The van der Waals surface area contributed by atoms with Crippen LogP contribution in [0, 0.1) is 0 Å². The summed E-state index contributed by atoms with van der Waals surface area (Å²) < 4.78 is 7.48. The van der Waals surface area contributed by atoms with Gasteiger partial charge in [-0.3, -0.25) is 0 Å². The third kappa shape index (κ3) is 2.11. The summed E-state index contributed by atoms with van der Waals surface area (Å²) in [5.41, 5.74) is 1.67. The van der Waals surface area contributed by atoms with Gasteiger partial charge >= 0.3 is 99.0 Å². The van der Waals surface area contributed by atoms with Crippen LogP contribution in [0.15, 0.2) is 18.2 Å². The molecule has 1 aromatic rings. The van der Waals surface area contributed by atoms with E-state index in [9.17, 15) is 4.79 Å². The third-order valence-corrected chi connectivity index (χ3v) is 3.30. The van der Waals surface area contributed by atoms with Crippen molar-refractivity contribution in [3.8, 4) is 5.75 Å². The molecule has 15 heavy (non-hydrogen) atoms. The Kier molecular flexibility index (Phi) is 3.18. The van der Waals surface area contributed by atoms with Crippen LogP contribution < -0.4 is 10.1 Å². The molecule has 5 heteroatoms. The van der Waals surface area contributed by atoms with Crippen LogP contribution in [0.2, 0.25) is 0 Å². The molecule has 0 aromatic heterocycles. The maximum absolute atomic E-state index is 11.4. The molecule has 0 saturated heterocycles. The molecule has 2 rings (SSSR count). The van der Waals surface area contributed by atoms with Crippen molar-refractivity contribution in [3.05, 3.63) is 23.8 Å². The number of rotatable bonds is 1. The Morgan fingerprint density at radius 1 is 1.60 bits per heavy atom. The van der Waals surface area contributed by atoms with E-state index in [2.05, 4.69) is 5.32 Å². The first-order valence-electron chi connectivity index (χ1n) is 4.38. The molecule has 0 saturated carbocycles. The summed E-state index contributed by atoms with van der Waals surface area (Å²) in [5.74, 6) is 0.609. The van der Waals surface area contributed by atoms with Crippen LogP contribution >= 0.6 is 9.69 Å². The Hall–Kier alpha value is -0.727. The Balaban J connectivity index is 2.47. The fraction of sp³-hybridized carbons (Fsp3) is 0.200. The second kappa shape index (κ2) is 4.42. The molecule has 1 aromatic carbocycles. The van der Waals surface area contributed by atoms with Crippen molar-refractivity contribution in [1.29, 1.82) is 0 Å². The van der Waals surface area contributed by atoms with Crippen molar-refractivity contribution in [1.82, 2.24) is 0 Å². The predicted octanol–water partition coefficient (Wildman–Crippen LogP) is 1.79. The molecular weight excluding hydrogens is 303 g/mol. The van der Waals surface area contributed by atoms with E-state index in [1.54, 1.807) is 6.92 Å². The minimum absolute atomic E-state index is 0.113. The van der Waals surface area contributed by atoms with Gasteiger partial charge < -0.3 is 0 Å². The number of carbonyl (C=O) groups excluding carboxylic acids is 1. The number of fused-ring (bicyclic) bond motifs is 1. The van der Waals surface area contributed by atoms with E-state index >= 15 is 0 Å². The summed E-state index contributed by atoms with van der Waals surface area (Å²) in [4.78, 5) is 11.4. The normalized spacial score (nSPS) is 20.1. The standard InChI is InChI=1S/C10H9NO2.ClH.Ru/c1-6-4-3-5-8-9(6)13-7(2)10(12)11-8;;/h1,3-5,7H,2H3,(H,11,12);1H;/q;;+1/p-1. The fourth-order valence-corrected chi connectivity index (χ4v) is 2.46.